The van der Waals surface area contributed by atoms with Crippen molar-refractivity contribution in [2.75, 3.05) is 6.61 Å². The monoisotopic (exact) mass is 455 g/mol. The molecule has 7 nitrogen and oxygen atoms in total. The summed E-state index contributed by atoms with van der Waals surface area (Å²) < 4.78 is 25.5. The summed E-state index contributed by atoms with van der Waals surface area (Å²) in [5.74, 6) is -0.0468. The summed E-state index contributed by atoms with van der Waals surface area (Å²) in [6.45, 7) is -0.599. The lowest BCUT2D eigenvalue weighted by atomic mass is 9.90. The molecule has 160 valence electrons. The Balaban J connectivity index is 1.63. The number of thiazole rings is 1. The first-order chi connectivity index (χ1) is 14.4. The van der Waals surface area contributed by atoms with Crippen LogP contribution in [-0.4, -0.2) is 56.4 Å². The Hall–Kier alpha value is -1.85. The Morgan fingerprint density at radius 3 is 2.67 bits per heavy atom. The number of ether oxygens (including phenoxy) is 1. The minimum atomic E-state index is -1.60. The maximum absolute atomic E-state index is 14.7. The van der Waals surface area contributed by atoms with Crippen molar-refractivity contribution in [2.45, 2.75) is 36.9 Å². The smallest absolute Gasteiger partial charge is 0.145 e. The SMILES string of the molecule is OC[C@H]1O[C@@H](c2cc(Cc3ncc(-c4ccco4)s3)c(Cl)cc2F)[C@H](O)[C@@H](O)[C@@H]1O. The molecule has 0 bridgehead atoms. The molecule has 1 saturated heterocycles. The molecule has 0 unspecified atom stereocenters. The fraction of sp³-hybridized carbons (Fsp3) is 0.350. The Morgan fingerprint density at radius 2 is 1.97 bits per heavy atom. The Bertz CT molecular complexity index is 1010. The van der Waals surface area contributed by atoms with Crippen molar-refractivity contribution in [2.24, 2.45) is 0 Å². The maximum atomic E-state index is 14.7. The first-order valence-corrected chi connectivity index (χ1v) is 10.4. The van der Waals surface area contributed by atoms with Crippen LogP contribution in [0.5, 0.6) is 0 Å². The average molecular weight is 456 g/mol. The molecule has 30 heavy (non-hydrogen) atoms. The first kappa shape index (κ1) is 21.4. The normalized spacial score (nSPS) is 26.8. The van der Waals surface area contributed by atoms with E-state index in [0.29, 0.717) is 17.7 Å². The van der Waals surface area contributed by atoms with Crippen molar-refractivity contribution in [1.82, 2.24) is 4.98 Å². The summed E-state index contributed by atoms with van der Waals surface area (Å²) in [4.78, 5) is 5.19. The molecule has 10 heteroatoms. The van der Waals surface area contributed by atoms with Crippen LogP contribution in [0.2, 0.25) is 5.02 Å². The topological polar surface area (TPSA) is 116 Å². The number of hydrogen-bond donors (Lipinski definition) is 4. The van der Waals surface area contributed by atoms with Crippen LogP contribution in [0.15, 0.2) is 41.1 Å². The van der Waals surface area contributed by atoms with Gasteiger partial charge in [0.15, 0.2) is 0 Å². The fourth-order valence-corrected chi connectivity index (χ4v) is 4.54. The van der Waals surface area contributed by atoms with Gasteiger partial charge in [0.1, 0.15) is 42.1 Å². The number of hydrogen-bond acceptors (Lipinski definition) is 8. The number of benzene rings is 1. The van der Waals surface area contributed by atoms with Gasteiger partial charge in [-0.2, -0.15) is 0 Å². The summed E-state index contributed by atoms with van der Waals surface area (Å²) in [5.41, 5.74) is 0.513. The zero-order valence-electron chi connectivity index (χ0n) is 15.5. The third-order valence-corrected chi connectivity index (χ3v) is 6.39. The van der Waals surface area contributed by atoms with Crippen molar-refractivity contribution in [3.63, 3.8) is 0 Å². The quantitative estimate of drug-likeness (QED) is 0.466. The third-order valence-electron chi connectivity index (χ3n) is 5.02. The van der Waals surface area contributed by atoms with E-state index < -0.39 is 42.9 Å². The van der Waals surface area contributed by atoms with Crippen LogP contribution >= 0.6 is 22.9 Å². The summed E-state index contributed by atoms with van der Waals surface area (Å²) in [6.07, 6.45) is -3.59. The van der Waals surface area contributed by atoms with Gasteiger partial charge in [0, 0.05) is 23.2 Å². The molecule has 3 heterocycles. The van der Waals surface area contributed by atoms with Crippen molar-refractivity contribution in [1.29, 1.82) is 0 Å². The van der Waals surface area contributed by atoms with Crippen LogP contribution in [0.4, 0.5) is 4.39 Å². The van der Waals surface area contributed by atoms with Crippen LogP contribution in [0.1, 0.15) is 22.2 Å². The molecule has 0 saturated carbocycles. The van der Waals surface area contributed by atoms with E-state index in [9.17, 15) is 24.8 Å². The molecule has 1 fully saturated rings. The second kappa shape index (κ2) is 8.72. The summed E-state index contributed by atoms with van der Waals surface area (Å²) in [7, 11) is 0. The van der Waals surface area contributed by atoms with Gasteiger partial charge in [-0.15, -0.1) is 11.3 Å². The highest BCUT2D eigenvalue weighted by atomic mass is 35.5. The number of aliphatic hydroxyl groups excluding tert-OH is 4. The van der Waals surface area contributed by atoms with Crippen LogP contribution in [0, 0.1) is 5.82 Å². The van der Waals surface area contributed by atoms with Crippen LogP contribution in [0.3, 0.4) is 0 Å². The van der Waals surface area contributed by atoms with Crippen molar-refractivity contribution < 1.29 is 34.0 Å². The van der Waals surface area contributed by atoms with Crippen LogP contribution in [-0.2, 0) is 11.2 Å². The van der Waals surface area contributed by atoms with Gasteiger partial charge in [0.2, 0.25) is 0 Å². The van der Waals surface area contributed by atoms with E-state index in [2.05, 4.69) is 4.98 Å². The van der Waals surface area contributed by atoms with Gasteiger partial charge >= 0.3 is 0 Å². The van der Waals surface area contributed by atoms with Crippen molar-refractivity contribution in [3.05, 3.63) is 63.7 Å². The standard InChI is InChI=1S/C20H19ClFNO6S/c21-11-6-12(22)10(20-19(27)18(26)17(25)14(8-24)29-20)4-9(11)5-16-23-7-15(30-16)13-2-1-3-28-13/h1-4,6-7,14,17-20,24-27H,5,8H2/t14-,17-,18+,19-,20+/m1/s1. The number of rotatable bonds is 5. The first-order valence-electron chi connectivity index (χ1n) is 9.16. The van der Waals surface area contributed by atoms with Crippen LogP contribution in [0.25, 0.3) is 10.6 Å². The van der Waals surface area contributed by atoms with Gasteiger partial charge in [-0.3, -0.25) is 0 Å². The molecule has 0 spiro atoms. The van der Waals surface area contributed by atoms with Gasteiger partial charge in [0.25, 0.3) is 0 Å². The molecule has 5 atom stereocenters. The minimum Gasteiger partial charge on any atom is -0.463 e. The van der Waals surface area contributed by atoms with Gasteiger partial charge in [-0.1, -0.05) is 11.6 Å². The molecule has 1 aromatic carbocycles. The van der Waals surface area contributed by atoms with Gasteiger partial charge in [-0.25, -0.2) is 9.37 Å². The number of aliphatic hydroxyl groups is 4. The maximum Gasteiger partial charge on any atom is 0.145 e. The summed E-state index contributed by atoms with van der Waals surface area (Å²) in [5, 5.41) is 40.5. The Kier molecular flexibility index (Phi) is 6.21. The lowest BCUT2D eigenvalue weighted by Gasteiger charge is -2.40. The zero-order chi connectivity index (χ0) is 21.4. The van der Waals surface area contributed by atoms with E-state index in [4.69, 9.17) is 20.8 Å². The predicted octanol–water partition coefficient (Wildman–Crippen LogP) is 2.30. The highest BCUT2D eigenvalue weighted by Crippen LogP contribution is 2.36. The number of furan rings is 1. The van der Waals surface area contributed by atoms with Gasteiger partial charge < -0.3 is 29.6 Å². The Morgan fingerprint density at radius 1 is 1.17 bits per heavy atom. The van der Waals surface area contributed by atoms with Crippen molar-refractivity contribution >= 4 is 22.9 Å². The second-order valence-electron chi connectivity index (χ2n) is 6.99. The largest absolute Gasteiger partial charge is 0.463 e. The molecule has 0 amide bonds. The van der Waals surface area contributed by atoms with E-state index >= 15 is 0 Å². The summed E-state index contributed by atoms with van der Waals surface area (Å²) >= 11 is 7.63. The molecule has 0 radical (unpaired) electrons. The van der Waals surface area contributed by atoms with Crippen LogP contribution < -0.4 is 0 Å². The molecule has 4 rings (SSSR count). The minimum absolute atomic E-state index is 0.0332. The van der Waals surface area contributed by atoms with E-state index in [0.717, 1.165) is 16.0 Å². The van der Waals surface area contributed by atoms with Crippen molar-refractivity contribution in [3.8, 4) is 10.6 Å². The molecular weight excluding hydrogens is 437 g/mol. The van der Waals surface area contributed by atoms with E-state index in [1.165, 1.54) is 17.4 Å². The zero-order valence-corrected chi connectivity index (χ0v) is 17.1. The highest BCUT2D eigenvalue weighted by molar-refractivity contribution is 7.15. The van der Waals surface area contributed by atoms with Gasteiger partial charge in [0.05, 0.1) is 22.8 Å². The number of aromatic nitrogens is 1. The molecule has 4 N–H and O–H groups in total. The molecule has 1 aliphatic heterocycles. The van der Waals surface area contributed by atoms with E-state index in [-0.39, 0.29) is 10.6 Å². The predicted molar refractivity (Wildman–Crippen MR) is 107 cm³/mol. The molecular formula is C20H19ClFNO6S. The molecule has 1 aliphatic rings. The fourth-order valence-electron chi connectivity index (χ4n) is 3.41. The Labute approximate surface area is 180 Å². The highest BCUT2D eigenvalue weighted by Gasteiger charge is 2.44. The summed E-state index contributed by atoms with van der Waals surface area (Å²) in [6, 6.07) is 6.14. The number of halogens is 2. The average Bonchev–Trinajstić information content (AvgIpc) is 3.41. The van der Waals surface area contributed by atoms with Gasteiger partial charge in [-0.05, 0) is 29.8 Å². The molecule has 0 aliphatic carbocycles. The second-order valence-corrected chi connectivity index (χ2v) is 8.51. The lowest BCUT2D eigenvalue weighted by molar-refractivity contribution is -0.232. The van der Waals surface area contributed by atoms with E-state index in [1.54, 1.807) is 18.5 Å². The molecule has 2 aromatic heterocycles. The molecule has 3 aromatic rings. The van der Waals surface area contributed by atoms with E-state index in [1.807, 2.05) is 6.07 Å². The number of nitrogens with zero attached hydrogens (tertiary/aromatic N) is 1. The third kappa shape index (κ3) is 4.02. The lowest BCUT2D eigenvalue weighted by Crippen LogP contribution is -2.55.